The van der Waals surface area contributed by atoms with Gasteiger partial charge in [-0.1, -0.05) is 12.8 Å². The molecule has 0 bridgehead atoms. The third kappa shape index (κ3) is 3.84. The van der Waals surface area contributed by atoms with Crippen molar-refractivity contribution >= 4 is 28.1 Å². The number of hydrogen-bond acceptors (Lipinski definition) is 4. The quantitative estimate of drug-likeness (QED) is 0.420. The zero-order chi connectivity index (χ0) is 24.3. The van der Waals surface area contributed by atoms with Gasteiger partial charge >= 0.3 is 6.18 Å². The molecule has 1 aliphatic carbocycles. The molecule has 1 saturated heterocycles. The van der Waals surface area contributed by atoms with Crippen molar-refractivity contribution in [2.45, 2.75) is 38.4 Å². The third-order valence-electron chi connectivity index (χ3n) is 7.51. The van der Waals surface area contributed by atoms with Gasteiger partial charge in [-0.05, 0) is 48.9 Å². The van der Waals surface area contributed by atoms with Crippen molar-refractivity contribution in [1.29, 1.82) is 0 Å². The third-order valence-corrected chi connectivity index (χ3v) is 7.51. The Morgan fingerprint density at radius 1 is 1.11 bits per heavy atom. The number of piperidine rings is 1. The van der Waals surface area contributed by atoms with Crippen molar-refractivity contribution in [3.8, 4) is 11.5 Å². The molecule has 0 spiro atoms. The van der Waals surface area contributed by atoms with Crippen molar-refractivity contribution in [3.63, 3.8) is 0 Å². The first-order chi connectivity index (χ1) is 16.8. The van der Waals surface area contributed by atoms with Gasteiger partial charge in [0.1, 0.15) is 17.7 Å². The molecular weight excluding hydrogens is 457 g/mol. The SMILES string of the molecule is Cn1c(-c2cc3cccnc3n2CC(F)(F)F)nc2cc(C(=O)N3CC[C@H]4CCC[C@H]4C3)cnc21. The predicted octanol–water partition coefficient (Wildman–Crippen LogP) is 4.81. The number of aryl methyl sites for hydroxylation is 1. The fraction of sp³-hybridized carbons (Fsp3) is 0.440. The Morgan fingerprint density at radius 2 is 1.94 bits per heavy atom. The van der Waals surface area contributed by atoms with Crippen molar-refractivity contribution in [2.24, 2.45) is 18.9 Å². The summed E-state index contributed by atoms with van der Waals surface area (Å²) in [7, 11) is 1.72. The molecule has 6 rings (SSSR count). The van der Waals surface area contributed by atoms with E-state index in [0.29, 0.717) is 39.5 Å². The minimum absolute atomic E-state index is 0.0626. The smallest absolute Gasteiger partial charge is 0.338 e. The summed E-state index contributed by atoms with van der Waals surface area (Å²) in [5.74, 6) is 1.59. The summed E-state index contributed by atoms with van der Waals surface area (Å²) in [5.41, 5.74) is 1.97. The van der Waals surface area contributed by atoms with Crippen molar-refractivity contribution in [1.82, 2.24) is 29.0 Å². The van der Waals surface area contributed by atoms with Crippen LogP contribution in [-0.4, -0.2) is 54.2 Å². The number of imidazole rings is 1. The Bertz CT molecular complexity index is 1440. The average molecular weight is 483 g/mol. The van der Waals surface area contributed by atoms with Gasteiger partial charge in [-0.2, -0.15) is 13.2 Å². The van der Waals surface area contributed by atoms with E-state index in [9.17, 15) is 18.0 Å². The molecule has 35 heavy (non-hydrogen) atoms. The summed E-state index contributed by atoms with van der Waals surface area (Å²) in [6, 6.07) is 6.77. The van der Waals surface area contributed by atoms with Crippen LogP contribution >= 0.6 is 0 Å². The van der Waals surface area contributed by atoms with Crippen LogP contribution in [0.1, 0.15) is 36.0 Å². The van der Waals surface area contributed by atoms with Gasteiger partial charge in [0.2, 0.25) is 0 Å². The molecule has 5 heterocycles. The van der Waals surface area contributed by atoms with E-state index in [0.717, 1.165) is 30.0 Å². The number of pyridine rings is 2. The topological polar surface area (TPSA) is 68.8 Å². The van der Waals surface area contributed by atoms with Crippen LogP contribution in [0.2, 0.25) is 0 Å². The summed E-state index contributed by atoms with van der Waals surface area (Å²) in [6.45, 7) is 0.343. The standard InChI is InChI=1S/C25H25F3N6O/c1-32-22-19(10-18(12-30-22)24(35)33-9-7-15-4-2-5-17(15)13-33)31-23(32)20-11-16-6-3-8-29-21(16)34(20)14-25(26,27)28/h3,6,8,10-12,15,17H,2,4-5,7,9,13-14H2,1H3/t15-,17+/m1/s1. The first-order valence-corrected chi connectivity index (χ1v) is 11.9. The lowest BCUT2D eigenvalue weighted by molar-refractivity contribution is -0.139. The second kappa shape index (κ2) is 8.07. The lowest BCUT2D eigenvalue weighted by Gasteiger charge is -2.35. The predicted molar refractivity (Wildman–Crippen MR) is 125 cm³/mol. The molecule has 4 aromatic rings. The molecule has 2 aliphatic rings. The van der Waals surface area contributed by atoms with Gasteiger partial charge in [0.25, 0.3) is 5.91 Å². The van der Waals surface area contributed by atoms with Gasteiger partial charge in [-0.15, -0.1) is 0 Å². The number of alkyl halides is 3. The zero-order valence-electron chi connectivity index (χ0n) is 19.3. The Kier molecular flexibility index (Phi) is 5.08. The number of fused-ring (bicyclic) bond motifs is 3. The lowest BCUT2D eigenvalue weighted by Crippen LogP contribution is -2.42. The number of rotatable bonds is 3. The molecular formula is C25H25F3N6O. The molecule has 0 radical (unpaired) electrons. The highest BCUT2D eigenvalue weighted by atomic mass is 19.4. The highest BCUT2D eigenvalue weighted by molar-refractivity contribution is 5.97. The summed E-state index contributed by atoms with van der Waals surface area (Å²) in [5, 5.41) is 0.595. The number of aromatic nitrogens is 5. The van der Waals surface area contributed by atoms with Crippen LogP contribution in [0, 0.1) is 11.8 Å². The number of hydrogen-bond donors (Lipinski definition) is 0. The van der Waals surface area contributed by atoms with E-state index in [2.05, 4.69) is 15.0 Å². The summed E-state index contributed by atoms with van der Waals surface area (Å²) < 4.78 is 43.0. The van der Waals surface area contributed by atoms with E-state index in [1.807, 2.05) is 4.90 Å². The van der Waals surface area contributed by atoms with Gasteiger partial charge in [-0.3, -0.25) is 4.79 Å². The van der Waals surface area contributed by atoms with E-state index in [4.69, 9.17) is 0 Å². The second-order valence-corrected chi connectivity index (χ2v) is 9.70. The van der Waals surface area contributed by atoms with E-state index in [1.165, 1.54) is 25.5 Å². The maximum Gasteiger partial charge on any atom is 0.406 e. The van der Waals surface area contributed by atoms with Crippen LogP contribution in [0.4, 0.5) is 13.2 Å². The average Bonchev–Trinajstić information content (AvgIpc) is 3.53. The second-order valence-electron chi connectivity index (χ2n) is 9.70. The van der Waals surface area contributed by atoms with Crippen LogP contribution in [0.15, 0.2) is 36.7 Å². The van der Waals surface area contributed by atoms with Crippen molar-refractivity contribution in [3.05, 3.63) is 42.2 Å². The Hall–Kier alpha value is -3.43. The summed E-state index contributed by atoms with van der Waals surface area (Å²) in [4.78, 5) is 28.4. The first kappa shape index (κ1) is 22.1. The maximum atomic E-state index is 13.4. The van der Waals surface area contributed by atoms with E-state index < -0.39 is 12.7 Å². The summed E-state index contributed by atoms with van der Waals surface area (Å²) in [6.07, 6.45) is 3.31. The van der Waals surface area contributed by atoms with Gasteiger partial charge in [0.05, 0.1) is 11.3 Å². The van der Waals surface area contributed by atoms with Gasteiger partial charge in [0, 0.05) is 37.9 Å². The Labute approximate surface area is 199 Å². The largest absolute Gasteiger partial charge is 0.406 e. The van der Waals surface area contributed by atoms with Crippen LogP contribution in [0.3, 0.4) is 0 Å². The number of nitrogens with zero attached hydrogens (tertiary/aromatic N) is 6. The monoisotopic (exact) mass is 482 g/mol. The Balaban J connectivity index is 1.38. The van der Waals surface area contributed by atoms with Gasteiger partial charge in [-0.25, -0.2) is 15.0 Å². The molecule has 0 N–H and O–H groups in total. The van der Waals surface area contributed by atoms with Crippen molar-refractivity contribution in [2.75, 3.05) is 13.1 Å². The molecule has 182 valence electrons. The highest BCUT2D eigenvalue weighted by Gasteiger charge is 2.35. The zero-order valence-corrected chi connectivity index (χ0v) is 19.3. The normalized spacial score (nSPS) is 20.6. The molecule has 1 amide bonds. The molecule has 4 aromatic heterocycles. The molecule has 2 atom stereocenters. The van der Waals surface area contributed by atoms with Crippen LogP contribution in [-0.2, 0) is 13.6 Å². The van der Waals surface area contributed by atoms with E-state index >= 15 is 0 Å². The van der Waals surface area contributed by atoms with Crippen LogP contribution < -0.4 is 0 Å². The molecule has 0 unspecified atom stereocenters. The summed E-state index contributed by atoms with van der Waals surface area (Å²) >= 11 is 0. The molecule has 10 heteroatoms. The highest BCUT2D eigenvalue weighted by Crippen LogP contribution is 2.38. The van der Waals surface area contributed by atoms with E-state index in [1.54, 1.807) is 42.1 Å². The van der Waals surface area contributed by atoms with Crippen LogP contribution in [0.5, 0.6) is 0 Å². The molecule has 0 aromatic carbocycles. The molecule has 7 nitrogen and oxygen atoms in total. The number of carbonyl (C=O) groups is 1. The minimum atomic E-state index is -4.42. The number of halogens is 3. The Morgan fingerprint density at radius 3 is 2.77 bits per heavy atom. The van der Waals surface area contributed by atoms with Gasteiger partial charge in [0.15, 0.2) is 11.5 Å². The maximum absolute atomic E-state index is 13.4. The number of amides is 1. The fourth-order valence-corrected chi connectivity index (χ4v) is 5.83. The molecule has 1 aliphatic heterocycles. The first-order valence-electron chi connectivity index (χ1n) is 11.9. The van der Waals surface area contributed by atoms with Crippen molar-refractivity contribution < 1.29 is 18.0 Å². The van der Waals surface area contributed by atoms with Crippen LogP contribution in [0.25, 0.3) is 33.7 Å². The fourth-order valence-electron chi connectivity index (χ4n) is 5.83. The van der Waals surface area contributed by atoms with Gasteiger partial charge < -0.3 is 14.0 Å². The number of carbonyl (C=O) groups excluding carboxylic acids is 1. The minimum Gasteiger partial charge on any atom is -0.338 e. The number of likely N-dealkylation sites (tertiary alicyclic amines) is 1. The molecule has 1 saturated carbocycles. The molecule has 2 fully saturated rings. The lowest BCUT2D eigenvalue weighted by atomic mass is 9.88. The van der Waals surface area contributed by atoms with E-state index in [-0.39, 0.29) is 11.6 Å².